The van der Waals surface area contributed by atoms with Crippen LogP contribution in [-0.4, -0.2) is 114 Å². The van der Waals surface area contributed by atoms with Crippen LogP contribution < -0.4 is 25.3 Å². The van der Waals surface area contributed by atoms with Crippen LogP contribution in [0.15, 0.2) is 48.8 Å². The lowest BCUT2D eigenvalue weighted by atomic mass is 9.95. The van der Waals surface area contributed by atoms with E-state index in [1.807, 2.05) is 31.3 Å². The summed E-state index contributed by atoms with van der Waals surface area (Å²) in [5.41, 5.74) is 5.68. The first-order valence-electron chi connectivity index (χ1n) is 19.5. The second kappa shape index (κ2) is 15.2. The molecule has 4 fully saturated rings. The summed E-state index contributed by atoms with van der Waals surface area (Å²) in [6.45, 7) is 9.63. The third kappa shape index (κ3) is 7.43. The Morgan fingerprint density at radius 3 is 2.30 bits per heavy atom. The molecule has 4 aliphatic rings. The highest BCUT2D eigenvalue weighted by molar-refractivity contribution is 6.06. The SMILES string of the molecule is Cc1cc(N2CCC(CN3CCN(c4ccc(Nc5ncc6cc(C(=O)N(C)C)n(C7CCCC7)c6n5)nc4)CC3)CC2)ccc1N1CCC(=O)NC1=O. The monoisotopic (exact) mass is 733 g/mol. The van der Waals surface area contributed by atoms with Crippen molar-refractivity contribution in [1.29, 1.82) is 0 Å². The van der Waals surface area contributed by atoms with Crippen molar-refractivity contribution in [2.24, 2.45) is 5.92 Å². The van der Waals surface area contributed by atoms with Crippen LogP contribution in [0.4, 0.5) is 33.6 Å². The quantitative estimate of drug-likeness (QED) is 0.237. The lowest BCUT2D eigenvalue weighted by Gasteiger charge is -2.40. The topological polar surface area (TPSA) is 135 Å². The highest BCUT2D eigenvalue weighted by Gasteiger charge is 2.29. The van der Waals surface area contributed by atoms with E-state index in [4.69, 9.17) is 9.97 Å². The van der Waals surface area contributed by atoms with Crippen LogP contribution in [-0.2, 0) is 4.79 Å². The van der Waals surface area contributed by atoms with Gasteiger partial charge in [0.25, 0.3) is 5.91 Å². The minimum Gasteiger partial charge on any atom is -0.372 e. The van der Waals surface area contributed by atoms with E-state index in [-0.39, 0.29) is 23.9 Å². The average Bonchev–Trinajstić information content (AvgIpc) is 3.84. The maximum Gasteiger partial charge on any atom is 0.328 e. The smallest absolute Gasteiger partial charge is 0.328 e. The molecule has 1 aromatic carbocycles. The van der Waals surface area contributed by atoms with Gasteiger partial charge in [-0.1, -0.05) is 12.8 Å². The van der Waals surface area contributed by atoms with Crippen LogP contribution >= 0.6 is 0 Å². The van der Waals surface area contributed by atoms with Gasteiger partial charge >= 0.3 is 6.03 Å². The minimum absolute atomic E-state index is 0.0173. The number of hydrogen-bond donors (Lipinski definition) is 2. The van der Waals surface area contributed by atoms with Gasteiger partial charge < -0.3 is 24.6 Å². The summed E-state index contributed by atoms with van der Waals surface area (Å²) >= 11 is 0. The fraction of sp³-hybridized carbons (Fsp3) is 0.500. The predicted molar refractivity (Wildman–Crippen MR) is 211 cm³/mol. The Labute approximate surface area is 316 Å². The average molecular weight is 734 g/mol. The summed E-state index contributed by atoms with van der Waals surface area (Å²) in [6.07, 6.45) is 10.8. The molecule has 1 aliphatic carbocycles. The van der Waals surface area contributed by atoms with Crippen molar-refractivity contribution in [2.45, 2.75) is 57.9 Å². The number of carbonyl (C=O) groups is 3. The number of nitrogens with one attached hydrogen (secondary N) is 2. The molecule has 0 spiro atoms. The summed E-state index contributed by atoms with van der Waals surface area (Å²) < 4.78 is 2.13. The standard InChI is InChI=1S/C40H51N11O3/c1-27-22-31(8-10-33(27)50-17-14-36(52)44-40(50)54)48-15-12-28(13-16-48)26-47-18-20-49(21-19-47)32-9-11-35(41-25-32)43-39-42-24-29-23-34(38(53)46(2)3)51(37(29)45-39)30-6-4-5-7-30/h8-11,22-25,28,30H,4-7,12-21,26H2,1-3H3,(H,44,52,54)(H,41,42,43,45). The van der Waals surface area contributed by atoms with Gasteiger partial charge in [-0.3, -0.25) is 24.7 Å². The van der Waals surface area contributed by atoms with Crippen molar-refractivity contribution in [2.75, 3.05) is 86.5 Å². The van der Waals surface area contributed by atoms with Gasteiger partial charge in [-0.25, -0.2) is 14.8 Å². The molecule has 3 aliphatic heterocycles. The molecule has 4 amide bonds. The van der Waals surface area contributed by atoms with Crippen LogP contribution in [0.2, 0.25) is 0 Å². The van der Waals surface area contributed by atoms with E-state index in [0.29, 0.717) is 36.3 Å². The Balaban J connectivity index is 0.820. The van der Waals surface area contributed by atoms with Crippen molar-refractivity contribution in [3.63, 3.8) is 0 Å². The van der Waals surface area contributed by atoms with Crippen molar-refractivity contribution in [3.05, 3.63) is 60.0 Å². The number of aromatic nitrogens is 4. The van der Waals surface area contributed by atoms with Gasteiger partial charge in [0.1, 0.15) is 17.2 Å². The number of carbonyl (C=O) groups excluding carboxylic acids is 3. The van der Waals surface area contributed by atoms with E-state index in [0.717, 1.165) is 112 Å². The number of imide groups is 1. The number of rotatable bonds is 9. The normalized spacial score (nSPS) is 19.1. The van der Waals surface area contributed by atoms with Gasteiger partial charge in [-0.15, -0.1) is 0 Å². The van der Waals surface area contributed by atoms with E-state index in [1.54, 1.807) is 30.1 Å². The zero-order valence-electron chi connectivity index (χ0n) is 31.6. The van der Waals surface area contributed by atoms with Crippen molar-refractivity contribution < 1.29 is 14.4 Å². The van der Waals surface area contributed by atoms with Gasteiger partial charge in [-0.2, -0.15) is 4.98 Å². The van der Waals surface area contributed by atoms with Crippen LogP contribution in [0.3, 0.4) is 0 Å². The Bertz CT molecular complexity index is 2010. The molecule has 14 nitrogen and oxygen atoms in total. The van der Waals surface area contributed by atoms with Gasteiger partial charge in [0.05, 0.1) is 11.9 Å². The number of aryl methyl sites for hydroxylation is 1. The molecule has 3 saturated heterocycles. The minimum atomic E-state index is -0.340. The van der Waals surface area contributed by atoms with E-state index < -0.39 is 0 Å². The number of anilines is 5. The summed E-state index contributed by atoms with van der Waals surface area (Å²) in [5.74, 6) is 1.60. The number of nitrogens with zero attached hydrogens (tertiary/aromatic N) is 9. The van der Waals surface area contributed by atoms with Crippen LogP contribution in [0.25, 0.3) is 11.0 Å². The molecule has 1 saturated carbocycles. The summed E-state index contributed by atoms with van der Waals surface area (Å²) in [6, 6.07) is 12.2. The number of urea groups is 1. The van der Waals surface area contributed by atoms with Crippen molar-refractivity contribution >= 4 is 57.7 Å². The Kier molecular flexibility index (Phi) is 10.1. The largest absolute Gasteiger partial charge is 0.372 e. The molecule has 54 heavy (non-hydrogen) atoms. The second-order valence-corrected chi connectivity index (χ2v) is 15.5. The molecule has 0 unspecified atom stereocenters. The fourth-order valence-corrected chi connectivity index (χ4v) is 8.62. The maximum atomic E-state index is 13.1. The first-order valence-corrected chi connectivity index (χ1v) is 19.5. The Morgan fingerprint density at radius 1 is 0.870 bits per heavy atom. The number of pyridine rings is 1. The third-order valence-corrected chi connectivity index (χ3v) is 11.6. The summed E-state index contributed by atoms with van der Waals surface area (Å²) in [4.78, 5) is 61.9. The first kappa shape index (κ1) is 35.8. The van der Waals surface area contributed by atoms with Crippen LogP contribution in [0.1, 0.15) is 67.0 Å². The molecule has 284 valence electrons. The van der Waals surface area contributed by atoms with Crippen LogP contribution in [0, 0.1) is 12.8 Å². The highest BCUT2D eigenvalue weighted by Crippen LogP contribution is 2.35. The second-order valence-electron chi connectivity index (χ2n) is 15.5. The van der Waals surface area contributed by atoms with Gasteiger partial charge in [0.2, 0.25) is 11.9 Å². The van der Waals surface area contributed by atoms with E-state index >= 15 is 0 Å². The Morgan fingerprint density at radius 2 is 1.61 bits per heavy atom. The molecule has 6 heterocycles. The summed E-state index contributed by atoms with van der Waals surface area (Å²) in [5, 5.41) is 6.59. The summed E-state index contributed by atoms with van der Waals surface area (Å²) in [7, 11) is 3.57. The molecule has 14 heteroatoms. The first-order chi connectivity index (χ1) is 26.2. The van der Waals surface area contributed by atoms with E-state index in [2.05, 4.69) is 53.1 Å². The van der Waals surface area contributed by atoms with E-state index in [9.17, 15) is 14.4 Å². The fourth-order valence-electron chi connectivity index (χ4n) is 8.62. The van der Waals surface area contributed by atoms with Gasteiger partial charge in [-0.05, 0) is 80.5 Å². The maximum absolute atomic E-state index is 13.1. The number of hydrogen-bond acceptors (Lipinski definition) is 10. The molecule has 3 aromatic heterocycles. The molecule has 2 N–H and O–H groups in total. The number of fused-ring (bicyclic) bond motifs is 1. The number of benzene rings is 1. The predicted octanol–water partition coefficient (Wildman–Crippen LogP) is 5.18. The highest BCUT2D eigenvalue weighted by atomic mass is 16.2. The van der Waals surface area contributed by atoms with Crippen molar-refractivity contribution in [3.8, 4) is 0 Å². The van der Waals surface area contributed by atoms with Crippen molar-refractivity contribution in [1.82, 2.24) is 34.6 Å². The number of piperazine rings is 1. The van der Waals surface area contributed by atoms with Crippen LogP contribution in [0.5, 0.6) is 0 Å². The molecule has 4 aromatic rings. The Hall–Kier alpha value is -5.24. The molecule has 0 bridgehead atoms. The molecular formula is C40H51N11O3. The third-order valence-electron chi connectivity index (χ3n) is 11.6. The molecule has 0 radical (unpaired) electrons. The molecular weight excluding hydrogens is 683 g/mol. The zero-order valence-corrected chi connectivity index (χ0v) is 31.6. The number of amides is 4. The lowest BCUT2D eigenvalue weighted by molar-refractivity contribution is -0.120. The zero-order chi connectivity index (χ0) is 37.3. The lowest BCUT2D eigenvalue weighted by Crippen LogP contribution is -2.49. The van der Waals surface area contributed by atoms with Gasteiger partial charge in [0.15, 0.2) is 0 Å². The molecule has 8 rings (SSSR count). The van der Waals surface area contributed by atoms with Gasteiger partial charge in [0, 0.05) is 102 Å². The molecule has 0 atom stereocenters. The van der Waals surface area contributed by atoms with E-state index in [1.165, 1.54) is 5.69 Å². The number of piperidine rings is 1.